The van der Waals surface area contributed by atoms with Crippen molar-refractivity contribution in [2.45, 2.75) is 17.4 Å². The van der Waals surface area contributed by atoms with E-state index in [0.717, 1.165) is 4.31 Å². The maximum atomic E-state index is 13.4. The van der Waals surface area contributed by atoms with Crippen molar-refractivity contribution in [3.8, 4) is 0 Å². The molecule has 0 aromatic heterocycles. The number of para-hydroxylation sites is 2. The van der Waals surface area contributed by atoms with Crippen molar-refractivity contribution < 1.29 is 22.7 Å². The number of carbonyl (C=O) groups excluding carboxylic acids is 2. The molecule has 0 fully saturated rings. The van der Waals surface area contributed by atoms with Gasteiger partial charge in [-0.1, -0.05) is 35.3 Å². The monoisotopic (exact) mass is 442 g/mol. The molecule has 0 radical (unpaired) electrons. The van der Waals surface area contributed by atoms with E-state index in [2.05, 4.69) is 4.74 Å². The summed E-state index contributed by atoms with van der Waals surface area (Å²) in [7, 11) is -1.54. The Morgan fingerprint density at radius 3 is 2.36 bits per heavy atom. The third kappa shape index (κ3) is 3.43. The minimum atomic E-state index is -4.24. The van der Waals surface area contributed by atoms with E-state index in [0.29, 0.717) is 5.69 Å². The van der Waals surface area contributed by atoms with Gasteiger partial charge in [-0.3, -0.25) is 13.9 Å². The lowest BCUT2D eigenvalue weighted by atomic mass is 10.1. The minimum absolute atomic E-state index is 0.0565. The van der Waals surface area contributed by atoms with Crippen molar-refractivity contribution in [3.63, 3.8) is 0 Å². The van der Waals surface area contributed by atoms with Crippen LogP contribution in [-0.2, 0) is 24.3 Å². The Morgan fingerprint density at radius 1 is 1.11 bits per heavy atom. The Bertz CT molecular complexity index is 1060. The van der Waals surface area contributed by atoms with E-state index in [1.54, 1.807) is 24.3 Å². The number of sulfonamides is 1. The van der Waals surface area contributed by atoms with Crippen molar-refractivity contribution in [2.24, 2.45) is 0 Å². The number of methoxy groups -OCH3 is 1. The number of nitrogens with zero attached hydrogens (tertiary/aromatic N) is 2. The zero-order valence-corrected chi connectivity index (χ0v) is 17.3. The number of likely N-dealkylation sites (N-methyl/N-ethyl adjacent to an activating group) is 1. The second kappa shape index (κ2) is 7.62. The first-order valence-corrected chi connectivity index (χ1v) is 10.3. The maximum Gasteiger partial charge on any atom is 0.308 e. The maximum absolute atomic E-state index is 13.4. The highest BCUT2D eigenvalue weighted by Gasteiger charge is 2.44. The SMILES string of the molecule is COC(=O)C[C@@H]1C(=O)N(C)c2ccccc2N1S(=O)(=O)c1ccc(Cl)c(Cl)c1. The van der Waals surface area contributed by atoms with E-state index in [4.69, 9.17) is 23.2 Å². The number of esters is 1. The third-order valence-corrected chi connectivity index (χ3v) is 6.97. The van der Waals surface area contributed by atoms with Gasteiger partial charge < -0.3 is 9.64 Å². The van der Waals surface area contributed by atoms with Crippen molar-refractivity contribution in [2.75, 3.05) is 23.4 Å². The van der Waals surface area contributed by atoms with E-state index in [1.807, 2.05) is 0 Å². The van der Waals surface area contributed by atoms with Gasteiger partial charge in [-0.25, -0.2) is 8.42 Å². The Kier molecular flexibility index (Phi) is 5.56. The van der Waals surface area contributed by atoms with E-state index < -0.39 is 34.4 Å². The topological polar surface area (TPSA) is 84.0 Å². The number of carbonyl (C=O) groups is 2. The highest BCUT2D eigenvalue weighted by Crippen LogP contribution is 2.40. The van der Waals surface area contributed by atoms with Crippen molar-refractivity contribution in [1.29, 1.82) is 0 Å². The molecule has 1 aliphatic rings. The van der Waals surface area contributed by atoms with Gasteiger partial charge >= 0.3 is 5.97 Å². The summed E-state index contributed by atoms with van der Waals surface area (Å²) in [4.78, 5) is 26.0. The number of fused-ring (bicyclic) bond motifs is 1. The first-order valence-electron chi connectivity index (χ1n) is 8.11. The van der Waals surface area contributed by atoms with Gasteiger partial charge in [0.15, 0.2) is 0 Å². The van der Waals surface area contributed by atoms with E-state index in [-0.39, 0.29) is 20.6 Å². The molecule has 1 heterocycles. The number of benzene rings is 2. The second-order valence-electron chi connectivity index (χ2n) is 6.06. The molecule has 2 aromatic rings. The Labute approximate surface area is 172 Å². The van der Waals surface area contributed by atoms with E-state index in [9.17, 15) is 18.0 Å². The largest absolute Gasteiger partial charge is 0.469 e. The molecule has 2 aromatic carbocycles. The van der Waals surface area contributed by atoms with Gasteiger partial charge in [-0.15, -0.1) is 0 Å². The Hall–Kier alpha value is -2.29. The number of amides is 1. The molecule has 0 spiro atoms. The first kappa shape index (κ1) is 20.4. The number of halogens is 2. The van der Waals surface area contributed by atoms with Crippen LogP contribution in [0.1, 0.15) is 6.42 Å². The number of anilines is 2. The van der Waals surface area contributed by atoms with Gasteiger partial charge in [0.25, 0.3) is 15.9 Å². The fourth-order valence-corrected chi connectivity index (χ4v) is 5.01. The van der Waals surface area contributed by atoms with Crippen LogP contribution >= 0.6 is 23.2 Å². The summed E-state index contributed by atoms with van der Waals surface area (Å²) in [5, 5.41) is 0.252. The van der Waals surface area contributed by atoms with Crippen LogP contribution in [0, 0.1) is 0 Å². The molecule has 0 bridgehead atoms. The predicted molar refractivity (Wildman–Crippen MR) is 106 cm³/mol. The molecule has 0 saturated carbocycles. The highest BCUT2D eigenvalue weighted by molar-refractivity contribution is 7.93. The summed E-state index contributed by atoms with van der Waals surface area (Å²) in [5.41, 5.74) is 0.668. The van der Waals surface area contributed by atoms with Gasteiger partial charge in [0, 0.05) is 7.05 Å². The van der Waals surface area contributed by atoms with E-state index in [1.165, 1.54) is 37.3 Å². The van der Waals surface area contributed by atoms with Gasteiger partial charge in [0.05, 0.1) is 39.8 Å². The van der Waals surface area contributed by atoms with Crippen LogP contribution in [0.3, 0.4) is 0 Å². The summed E-state index contributed by atoms with van der Waals surface area (Å²) in [5.74, 6) is -1.26. The third-order valence-electron chi connectivity index (χ3n) is 4.41. The quantitative estimate of drug-likeness (QED) is 0.679. The molecule has 148 valence electrons. The first-order chi connectivity index (χ1) is 13.2. The summed E-state index contributed by atoms with van der Waals surface area (Å²) < 4.78 is 32.5. The fourth-order valence-electron chi connectivity index (χ4n) is 3.00. The molecule has 7 nitrogen and oxygen atoms in total. The molecule has 0 saturated heterocycles. The lowest BCUT2D eigenvalue weighted by Crippen LogP contribution is -2.55. The summed E-state index contributed by atoms with van der Waals surface area (Å²) in [6, 6.07) is 9.09. The normalized spacial score (nSPS) is 16.7. The molecule has 10 heteroatoms. The molecule has 0 unspecified atom stereocenters. The molecule has 1 aliphatic heterocycles. The number of ether oxygens (including phenoxy) is 1. The zero-order valence-electron chi connectivity index (χ0n) is 14.9. The standard InChI is InChI=1S/C18H16Cl2N2O5S/c1-21-14-5-3-4-6-15(14)22(16(18(21)24)10-17(23)27-2)28(25,26)11-7-8-12(19)13(20)9-11/h3-9,16H,10H2,1-2H3/t16-/m1/s1. The zero-order chi connectivity index (χ0) is 20.6. The molecular weight excluding hydrogens is 427 g/mol. The molecule has 1 amide bonds. The van der Waals surface area contributed by atoms with Gasteiger partial charge in [-0.2, -0.15) is 0 Å². The molecule has 0 N–H and O–H groups in total. The van der Waals surface area contributed by atoms with Crippen LogP contribution in [-0.4, -0.2) is 40.5 Å². The molecule has 28 heavy (non-hydrogen) atoms. The van der Waals surface area contributed by atoms with Crippen molar-refractivity contribution in [1.82, 2.24) is 0 Å². The molecule has 1 atom stereocenters. The van der Waals surface area contributed by atoms with Crippen LogP contribution in [0.15, 0.2) is 47.4 Å². The van der Waals surface area contributed by atoms with Crippen LogP contribution in [0.25, 0.3) is 0 Å². The van der Waals surface area contributed by atoms with Crippen molar-refractivity contribution in [3.05, 3.63) is 52.5 Å². The highest BCUT2D eigenvalue weighted by atomic mass is 35.5. The van der Waals surface area contributed by atoms with Gasteiger partial charge in [0.1, 0.15) is 6.04 Å². The molecule has 0 aliphatic carbocycles. The molecule has 3 rings (SSSR count). The van der Waals surface area contributed by atoms with Crippen LogP contribution in [0.5, 0.6) is 0 Å². The second-order valence-corrected chi connectivity index (χ2v) is 8.69. The van der Waals surface area contributed by atoms with E-state index >= 15 is 0 Å². The van der Waals surface area contributed by atoms with Crippen molar-refractivity contribution >= 4 is 56.5 Å². The lowest BCUT2D eigenvalue weighted by Gasteiger charge is -2.40. The van der Waals surface area contributed by atoms with Crippen LogP contribution in [0.2, 0.25) is 10.0 Å². The average molecular weight is 443 g/mol. The Balaban J connectivity index is 2.22. The summed E-state index contributed by atoms with van der Waals surface area (Å²) >= 11 is 11.9. The minimum Gasteiger partial charge on any atom is -0.469 e. The Morgan fingerprint density at radius 2 is 1.75 bits per heavy atom. The number of hydrogen-bond acceptors (Lipinski definition) is 5. The smallest absolute Gasteiger partial charge is 0.308 e. The summed E-state index contributed by atoms with van der Waals surface area (Å²) in [6.45, 7) is 0. The molecular formula is C18H16Cl2N2O5S. The van der Waals surface area contributed by atoms with Gasteiger partial charge in [-0.05, 0) is 30.3 Å². The average Bonchev–Trinajstić information content (AvgIpc) is 2.67. The van der Waals surface area contributed by atoms with Crippen LogP contribution < -0.4 is 9.21 Å². The van der Waals surface area contributed by atoms with Gasteiger partial charge in [0.2, 0.25) is 0 Å². The fraction of sp³-hybridized carbons (Fsp3) is 0.222. The predicted octanol–water partition coefficient (Wildman–Crippen LogP) is 3.10. The number of rotatable bonds is 4. The lowest BCUT2D eigenvalue weighted by molar-refractivity contribution is -0.142. The summed E-state index contributed by atoms with van der Waals surface area (Å²) in [6.07, 6.45) is -0.436. The van der Waals surface area contributed by atoms with Crippen LogP contribution in [0.4, 0.5) is 11.4 Å². The number of hydrogen-bond donors (Lipinski definition) is 0.